The normalized spacial score (nSPS) is 17.7. The predicted molar refractivity (Wildman–Crippen MR) is 118 cm³/mol. The Kier molecular flexibility index (Phi) is 5.85. The van der Waals surface area contributed by atoms with Crippen molar-refractivity contribution >= 4 is 17.4 Å². The van der Waals surface area contributed by atoms with Crippen molar-refractivity contribution in [3.05, 3.63) is 107 Å². The number of Topliss-reactive ketones (excluding diaryl/α,β-unsaturated/α-hetero) is 1. The predicted octanol–water partition coefficient (Wildman–Crippen LogP) is 4.71. The lowest BCUT2D eigenvalue weighted by molar-refractivity contribution is -0.140. The minimum Gasteiger partial charge on any atom is -0.507 e. The molecule has 1 aliphatic heterocycles. The molecule has 1 N–H and O–H groups in total. The summed E-state index contributed by atoms with van der Waals surface area (Å²) in [6.45, 7) is 2.64. The highest BCUT2D eigenvalue weighted by Crippen LogP contribution is 2.41. The number of ether oxygens (including phenoxy) is 1. The van der Waals surface area contributed by atoms with Gasteiger partial charge in [-0.25, -0.2) is 0 Å². The second-order valence-corrected chi connectivity index (χ2v) is 7.28. The minimum atomic E-state index is -0.721. The first-order valence-corrected chi connectivity index (χ1v) is 10.2. The summed E-state index contributed by atoms with van der Waals surface area (Å²) in [5, 5.41) is 11.0. The lowest BCUT2D eigenvalue weighted by Crippen LogP contribution is -2.29. The molecule has 156 valence electrons. The molecule has 1 fully saturated rings. The molecule has 0 aliphatic carbocycles. The van der Waals surface area contributed by atoms with Gasteiger partial charge < -0.3 is 14.7 Å². The number of carbonyl (C=O) groups is 2. The molecule has 1 atom stereocenters. The van der Waals surface area contributed by atoms with Crippen LogP contribution in [0.5, 0.6) is 5.75 Å². The van der Waals surface area contributed by atoms with Gasteiger partial charge in [0, 0.05) is 12.1 Å². The Morgan fingerprint density at radius 3 is 2.29 bits per heavy atom. The van der Waals surface area contributed by atoms with Crippen molar-refractivity contribution < 1.29 is 19.4 Å². The van der Waals surface area contributed by atoms with Crippen molar-refractivity contribution in [2.45, 2.75) is 19.5 Å². The van der Waals surface area contributed by atoms with Crippen LogP contribution in [-0.2, 0) is 16.1 Å². The molecule has 5 heteroatoms. The lowest BCUT2D eigenvalue weighted by atomic mass is 9.95. The standard InChI is InChI=1S/C26H23NO4/c1-2-31-21-15-9-14-20(16-21)23-22(24(28)19-12-7-4-8-13-19)25(29)26(30)27(23)17-18-10-5-3-6-11-18/h3-16,23,28H,2,17H2,1H3. The van der Waals surface area contributed by atoms with Gasteiger partial charge in [0.1, 0.15) is 11.5 Å². The van der Waals surface area contributed by atoms with E-state index in [2.05, 4.69) is 0 Å². The Bertz CT molecular complexity index is 1120. The third kappa shape index (κ3) is 4.08. The van der Waals surface area contributed by atoms with Gasteiger partial charge in [0.25, 0.3) is 11.7 Å². The second-order valence-electron chi connectivity index (χ2n) is 7.28. The number of aliphatic hydroxyl groups excluding tert-OH is 1. The third-order valence-corrected chi connectivity index (χ3v) is 5.27. The molecule has 0 bridgehead atoms. The number of ketones is 1. The number of benzene rings is 3. The highest BCUT2D eigenvalue weighted by molar-refractivity contribution is 6.46. The Balaban J connectivity index is 1.86. The molecule has 1 heterocycles. The fourth-order valence-corrected chi connectivity index (χ4v) is 3.86. The number of hydrogen-bond acceptors (Lipinski definition) is 4. The van der Waals surface area contributed by atoms with E-state index in [1.807, 2.05) is 67.6 Å². The zero-order chi connectivity index (χ0) is 21.8. The fraction of sp³-hybridized carbons (Fsp3) is 0.154. The second kappa shape index (κ2) is 8.88. The Morgan fingerprint density at radius 1 is 0.935 bits per heavy atom. The zero-order valence-corrected chi connectivity index (χ0v) is 17.2. The maximum Gasteiger partial charge on any atom is 0.295 e. The molecule has 0 aromatic heterocycles. The quantitative estimate of drug-likeness (QED) is 0.361. The van der Waals surface area contributed by atoms with E-state index in [0.717, 1.165) is 5.56 Å². The van der Waals surface area contributed by atoms with Crippen molar-refractivity contribution in [3.8, 4) is 5.75 Å². The van der Waals surface area contributed by atoms with Gasteiger partial charge in [-0.3, -0.25) is 9.59 Å². The van der Waals surface area contributed by atoms with Crippen LogP contribution >= 0.6 is 0 Å². The minimum absolute atomic E-state index is 0.0841. The number of carbonyl (C=O) groups excluding carboxylic acids is 2. The van der Waals surface area contributed by atoms with Crippen LogP contribution in [0.25, 0.3) is 5.76 Å². The molecule has 31 heavy (non-hydrogen) atoms. The van der Waals surface area contributed by atoms with Gasteiger partial charge in [0.2, 0.25) is 0 Å². The van der Waals surface area contributed by atoms with Crippen molar-refractivity contribution in [2.75, 3.05) is 6.61 Å². The van der Waals surface area contributed by atoms with Crippen LogP contribution in [0.1, 0.15) is 29.7 Å². The summed E-state index contributed by atoms with van der Waals surface area (Å²) in [6, 6.07) is 24.9. The molecule has 1 saturated heterocycles. The number of aliphatic hydroxyl groups is 1. The van der Waals surface area contributed by atoms with Crippen molar-refractivity contribution in [3.63, 3.8) is 0 Å². The average molecular weight is 413 g/mol. The van der Waals surface area contributed by atoms with Gasteiger partial charge in [-0.1, -0.05) is 72.8 Å². The van der Waals surface area contributed by atoms with E-state index in [1.54, 1.807) is 24.3 Å². The van der Waals surface area contributed by atoms with Crippen molar-refractivity contribution in [1.82, 2.24) is 4.90 Å². The van der Waals surface area contributed by atoms with E-state index in [-0.39, 0.29) is 17.9 Å². The number of rotatable bonds is 6. The molecule has 1 amide bonds. The van der Waals surface area contributed by atoms with Crippen molar-refractivity contribution in [2.24, 2.45) is 0 Å². The van der Waals surface area contributed by atoms with Gasteiger partial charge >= 0.3 is 0 Å². The van der Waals surface area contributed by atoms with Crippen LogP contribution in [0, 0.1) is 0 Å². The molecule has 4 rings (SSSR count). The smallest absolute Gasteiger partial charge is 0.295 e. The molecule has 1 unspecified atom stereocenters. The van der Waals surface area contributed by atoms with E-state index in [1.165, 1.54) is 4.90 Å². The molecular formula is C26H23NO4. The van der Waals surface area contributed by atoms with Gasteiger partial charge in [-0.15, -0.1) is 0 Å². The highest BCUT2D eigenvalue weighted by Gasteiger charge is 2.46. The number of nitrogens with zero attached hydrogens (tertiary/aromatic N) is 1. The lowest BCUT2D eigenvalue weighted by Gasteiger charge is -2.25. The van der Waals surface area contributed by atoms with Gasteiger partial charge in [-0.2, -0.15) is 0 Å². The van der Waals surface area contributed by atoms with Crippen LogP contribution < -0.4 is 4.74 Å². The number of amides is 1. The molecule has 0 saturated carbocycles. The third-order valence-electron chi connectivity index (χ3n) is 5.27. The molecule has 0 radical (unpaired) electrons. The first-order chi connectivity index (χ1) is 15.1. The van der Waals surface area contributed by atoms with Gasteiger partial charge in [-0.05, 0) is 30.2 Å². The summed E-state index contributed by atoms with van der Waals surface area (Å²) in [5.41, 5.74) is 2.18. The SMILES string of the molecule is CCOc1cccc(C2C(=C(O)c3ccccc3)C(=O)C(=O)N2Cc2ccccc2)c1. The van der Waals surface area contributed by atoms with Crippen molar-refractivity contribution in [1.29, 1.82) is 0 Å². The van der Waals surface area contributed by atoms with Gasteiger partial charge in [0.15, 0.2) is 0 Å². The monoisotopic (exact) mass is 413 g/mol. The number of hydrogen-bond donors (Lipinski definition) is 1. The molecular weight excluding hydrogens is 390 g/mol. The maximum absolute atomic E-state index is 13.1. The largest absolute Gasteiger partial charge is 0.507 e. The van der Waals surface area contributed by atoms with Crippen LogP contribution in [0.3, 0.4) is 0 Å². The van der Waals surface area contributed by atoms with Gasteiger partial charge in [0.05, 0.1) is 18.2 Å². The zero-order valence-electron chi connectivity index (χ0n) is 17.2. The first-order valence-electron chi connectivity index (χ1n) is 10.2. The summed E-state index contributed by atoms with van der Waals surface area (Å²) in [4.78, 5) is 27.6. The summed E-state index contributed by atoms with van der Waals surface area (Å²) in [6.07, 6.45) is 0. The Labute approximate surface area is 181 Å². The summed E-state index contributed by atoms with van der Waals surface area (Å²) >= 11 is 0. The highest BCUT2D eigenvalue weighted by atomic mass is 16.5. The molecule has 3 aromatic rings. The molecule has 1 aliphatic rings. The molecule has 5 nitrogen and oxygen atoms in total. The average Bonchev–Trinajstić information content (AvgIpc) is 3.05. The van der Waals surface area contributed by atoms with E-state index in [0.29, 0.717) is 23.5 Å². The molecule has 3 aromatic carbocycles. The fourth-order valence-electron chi connectivity index (χ4n) is 3.86. The van der Waals surface area contributed by atoms with E-state index in [9.17, 15) is 14.7 Å². The summed E-state index contributed by atoms with van der Waals surface area (Å²) in [7, 11) is 0. The van der Waals surface area contributed by atoms with Crippen LogP contribution in [-0.4, -0.2) is 28.3 Å². The topological polar surface area (TPSA) is 66.8 Å². The Morgan fingerprint density at radius 2 is 1.61 bits per heavy atom. The van der Waals surface area contributed by atoms with E-state index < -0.39 is 17.7 Å². The van der Waals surface area contributed by atoms with Crippen LogP contribution in [0.4, 0.5) is 0 Å². The van der Waals surface area contributed by atoms with Crippen LogP contribution in [0.15, 0.2) is 90.5 Å². The van der Waals surface area contributed by atoms with Crippen LogP contribution in [0.2, 0.25) is 0 Å². The Hall–Kier alpha value is -3.86. The first kappa shape index (κ1) is 20.4. The van der Waals surface area contributed by atoms with E-state index in [4.69, 9.17) is 4.74 Å². The van der Waals surface area contributed by atoms with E-state index >= 15 is 0 Å². The maximum atomic E-state index is 13.1. The summed E-state index contributed by atoms with van der Waals surface area (Å²) in [5.74, 6) is -0.858. The summed E-state index contributed by atoms with van der Waals surface area (Å²) < 4.78 is 5.63. The molecule has 0 spiro atoms. The number of likely N-dealkylation sites (tertiary alicyclic amines) is 1.